The van der Waals surface area contributed by atoms with E-state index in [1.165, 1.54) is 29.5 Å². The Balaban J connectivity index is 1.86. The maximum absolute atomic E-state index is 12.4. The van der Waals surface area contributed by atoms with Crippen LogP contribution in [0.5, 0.6) is 5.75 Å². The molecular formula is C17H15N3O4S. The zero-order valence-electron chi connectivity index (χ0n) is 13.6. The van der Waals surface area contributed by atoms with E-state index in [0.717, 1.165) is 15.8 Å². The molecule has 0 saturated carbocycles. The number of nitrogens with zero attached hydrogens (tertiary/aromatic N) is 2. The molecule has 128 valence electrons. The van der Waals surface area contributed by atoms with Gasteiger partial charge in [-0.3, -0.25) is 20.2 Å². The molecule has 2 aromatic carbocycles. The second kappa shape index (κ2) is 6.86. The lowest BCUT2D eigenvalue weighted by Crippen LogP contribution is -2.12. The Hall–Kier alpha value is -3.00. The number of nitrogens with one attached hydrogen (secondary N) is 1. The van der Waals surface area contributed by atoms with E-state index in [2.05, 4.69) is 10.3 Å². The molecular weight excluding hydrogens is 342 g/mol. The summed E-state index contributed by atoms with van der Waals surface area (Å²) in [5.41, 5.74) is 1.83. The molecule has 0 spiro atoms. The van der Waals surface area contributed by atoms with Gasteiger partial charge in [-0.2, -0.15) is 0 Å². The average Bonchev–Trinajstić information content (AvgIpc) is 2.96. The number of amides is 1. The number of aromatic nitrogens is 1. The van der Waals surface area contributed by atoms with Gasteiger partial charge < -0.3 is 4.74 Å². The van der Waals surface area contributed by atoms with Crippen molar-refractivity contribution >= 4 is 38.3 Å². The van der Waals surface area contributed by atoms with Crippen molar-refractivity contribution in [2.24, 2.45) is 0 Å². The number of hydrogen-bond donors (Lipinski definition) is 1. The van der Waals surface area contributed by atoms with E-state index in [4.69, 9.17) is 4.74 Å². The molecule has 0 unspecified atom stereocenters. The van der Waals surface area contributed by atoms with E-state index in [0.29, 0.717) is 11.7 Å². The lowest BCUT2D eigenvalue weighted by atomic mass is 10.1. The van der Waals surface area contributed by atoms with Crippen LogP contribution in [0.25, 0.3) is 10.2 Å². The van der Waals surface area contributed by atoms with Crippen molar-refractivity contribution in [3.05, 3.63) is 57.6 Å². The molecule has 7 nitrogen and oxygen atoms in total. The number of carbonyl (C=O) groups is 1. The van der Waals surface area contributed by atoms with Crippen LogP contribution in [0.1, 0.15) is 22.8 Å². The Labute approximate surface area is 147 Å². The molecule has 0 aliphatic heterocycles. The maximum atomic E-state index is 12.4. The second-order valence-corrected chi connectivity index (χ2v) is 6.35. The third kappa shape index (κ3) is 3.58. The fourth-order valence-corrected chi connectivity index (χ4v) is 3.29. The van der Waals surface area contributed by atoms with Gasteiger partial charge in [0.25, 0.3) is 5.91 Å². The molecule has 0 atom stereocenters. The number of nitro benzene ring substituents is 1. The normalized spacial score (nSPS) is 10.6. The second-order valence-electron chi connectivity index (χ2n) is 5.32. The number of aryl methyl sites for hydroxylation is 1. The Morgan fingerprint density at radius 3 is 2.84 bits per heavy atom. The van der Waals surface area contributed by atoms with E-state index < -0.39 is 10.8 Å². The summed E-state index contributed by atoms with van der Waals surface area (Å²) < 4.78 is 6.18. The van der Waals surface area contributed by atoms with Crippen molar-refractivity contribution in [3.8, 4) is 5.75 Å². The first-order valence-corrected chi connectivity index (χ1v) is 8.39. The predicted molar refractivity (Wildman–Crippen MR) is 96.6 cm³/mol. The highest BCUT2D eigenvalue weighted by Gasteiger charge is 2.19. The van der Waals surface area contributed by atoms with Gasteiger partial charge in [-0.05, 0) is 43.7 Å². The molecule has 8 heteroatoms. The minimum atomic E-state index is -0.567. The number of carbonyl (C=O) groups excluding carboxylic acids is 1. The van der Waals surface area contributed by atoms with Gasteiger partial charge in [-0.15, -0.1) is 0 Å². The zero-order chi connectivity index (χ0) is 18.0. The number of hydrogen-bond acceptors (Lipinski definition) is 6. The van der Waals surface area contributed by atoms with E-state index in [9.17, 15) is 14.9 Å². The van der Waals surface area contributed by atoms with Crippen LogP contribution in [0.3, 0.4) is 0 Å². The smallest absolute Gasteiger partial charge is 0.311 e. The minimum absolute atomic E-state index is 0.138. The van der Waals surface area contributed by atoms with E-state index in [1.807, 2.05) is 25.1 Å². The van der Waals surface area contributed by atoms with Gasteiger partial charge in [0, 0.05) is 11.6 Å². The summed E-state index contributed by atoms with van der Waals surface area (Å²) in [4.78, 5) is 27.3. The summed E-state index contributed by atoms with van der Waals surface area (Å²) in [6.45, 7) is 4.02. The molecule has 1 aromatic heterocycles. The molecule has 0 saturated heterocycles. The third-order valence-electron chi connectivity index (χ3n) is 3.48. The number of rotatable bonds is 5. The van der Waals surface area contributed by atoms with Gasteiger partial charge in [0.05, 0.1) is 21.7 Å². The number of benzene rings is 2. The molecule has 0 fully saturated rings. The lowest BCUT2D eigenvalue weighted by molar-refractivity contribution is -0.385. The summed E-state index contributed by atoms with van der Waals surface area (Å²) in [5, 5.41) is 14.3. The van der Waals surface area contributed by atoms with Crippen LogP contribution in [-0.4, -0.2) is 22.4 Å². The molecule has 3 rings (SSSR count). The molecule has 0 bridgehead atoms. The fraction of sp³-hybridized carbons (Fsp3) is 0.176. The van der Waals surface area contributed by atoms with Gasteiger partial charge in [0.15, 0.2) is 10.9 Å². The highest BCUT2D eigenvalue weighted by molar-refractivity contribution is 7.22. The SMILES string of the molecule is CCOc1ccc(C(=O)Nc2nc3ccc(C)cc3s2)cc1[N+](=O)[O-]. The summed E-state index contributed by atoms with van der Waals surface area (Å²) >= 11 is 1.35. The Morgan fingerprint density at radius 2 is 2.12 bits per heavy atom. The van der Waals surface area contributed by atoms with Crippen molar-refractivity contribution < 1.29 is 14.5 Å². The summed E-state index contributed by atoms with van der Waals surface area (Å²) in [6.07, 6.45) is 0. The summed E-state index contributed by atoms with van der Waals surface area (Å²) in [7, 11) is 0. The number of thiazole rings is 1. The van der Waals surface area contributed by atoms with Crippen LogP contribution in [0.4, 0.5) is 10.8 Å². The van der Waals surface area contributed by atoms with Gasteiger partial charge in [-0.1, -0.05) is 17.4 Å². The van der Waals surface area contributed by atoms with Gasteiger partial charge in [0.1, 0.15) is 0 Å². The van der Waals surface area contributed by atoms with Crippen LogP contribution >= 0.6 is 11.3 Å². The average molecular weight is 357 g/mol. The van der Waals surface area contributed by atoms with Crippen molar-refractivity contribution in [1.82, 2.24) is 4.98 Å². The first-order valence-electron chi connectivity index (χ1n) is 7.57. The molecule has 0 aliphatic rings. The lowest BCUT2D eigenvalue weighted by Gasteiger charge is -2.06. The Bertz CT molecular complexity index is 968. The minimum Gasteiger partial charge on any atom is -0.487 e. The van der Waals surface area contributed by atoms with Crippen LogP contribution in [-0.2, 0) is 0 Å². The number of anilines is 1. The number of nitro groups is 1. The Morgan fingerprint density at radius 1 is 1.32 bits per heavy atom. The summed E-state index contributed by atoms with van der Waals surface area (Å²) in [6, 6.07) is 9.95. The van der Waals surface area contributed by atoms with E-state index in [-0.39, 0.29) is 17.0 Å². The molecule has 0 radical (unpaired) electrons. The van der Waals surface area contributed by atoms with Crippen molar-refractivity contribution in [2.75, 3.05) is 11.9 Å². The molecule has 1 heterocycles. The van der Waals surface area contributed by atoms with Crippen molar-refractivity contribution in [2.45, 2.75) is 13.8 Å². The van der Waals surface area contributed by atoms with Crippen LogP contribution in [0.15, 0.2) is 36.4 Å². The van der Waals surface area contributed by atoms with Gasteiger partial charge in [0.2, 0.25) is 0 Å². The monoisotopic (exact) mass is 357 g/mol. The zero-order valence-corrected chi connectivity index (χ0v) is 14.4. The highest BCUT2D eigenvalue weighted by atomic mass is 32.1. The first-order chi connectivity index (χ1) is 12.0. The third-order valence-corrected chi connectivity index (χ3v) is 4.42. The standard InChI is InChI=1S/C17H15N3O4S/c1-3-24-14-7-5-11(9-13(14)20(22)23)16(21)19-17-18-12-6-4-10(2)8-15(12)25-17/h4-9H,3H2,1-2H3,(H,18,19,21). The topological polar surface area (TPSA) is 94.4 Å². The molecule has 3 aromatic rings. The fourth-order valence-electron chi connectivity index (χ4n) is 2.33. The largest absolute Gasteiger partial charge is 0.487 e. The van der Waals surface area contributed by atoms with Gasteiger partial charge in [-0.25, -0.2) is 4.98 Å². The number of ether oxygens (including phenoxy) is 1. The highest BCUT2D eigenvalue weighted by Crippen LogP contribution is 2.30. The molecule has 25 heavy (non-hydrogen) atoms. The van der Waals surface area contributed by atoms with Crippen molar-refractivity contribution in [1.29, 1.82) is 0 Å². The van der Waals surface area contributed by atoms with Crippen LogP contribution < -0.4 is 10.1 Å². The summed E-state index contributed by atoms with van der Waals surface area (Å²) in [5.74, 6) is -0.318. The predicted octanol–water partition coefficient (Wildman–Crippen LogP) is 4.16. The number of fused-ring (bicyclic) bond motifs is 1. The van der Waals surface area contributed by atoms with E-state index in [1.54, 1.807) is 6.92 Å². The van der Waals surface area contributed by atoms with Crippen LogP contribution in [0, 0.1) is 17.0 Å². The quantitative estimate of drug-likeness (QED) is 0.546. The van der Waals surface area contributed by atoms with Gasteiger partial charge >= 0.3 is 5.69 Å². The molecule has 1 amide bonds. The van der Waals surface area contributed by atoms with Crippen molar-refractivity contribution in [3.63, 3.8) is 0 Å². The molecule has 0 aliphatic carbocycles. The maximum Gasteiger partial charge on any atom is 0.311 e. The first kappa shape index (κ1) is 16.8. The Kier molecular flexibility index (Phi) is 4.62. The van der Waals surface area contributed by atoms with E-state index >= 15 is 0 Å². The molecule has 1 N–H and O–H groups in total. The van der Waals surface area contributed by atoms with Crippen LogP contribution in [0.2, 0.25) is 0 Å².